The summed E-state index contributed by atoms with van der Waals surface area (Å²) < 4.78 is 18.2. The van der Waals surface area contributed by atoms with E-state index in [9.17, 15) is 9.50 Å². The molecular formula is C14H13FO2. The lowest BCUT2D eigenvalue weighted by Crippen LogP contribution is -2.02. The molecule has 0 heterocycles. The molecule has 0 saturated heterocycles. The number of hydrogen-bond acceptors (Lipinski definition) is 2. The summed E-state index contributed by atoms with van der Waals surface area (Å²) in [5.74, 6) is 0.223. The van der Waals surface area contributed by atoms with Crippen LogP contribution < -0.4 is 4.74 Å². The van der Waals surface area contributed by atoms with Crippen LogP contribution >= 0.6 is 0 Å². The molecule has 0 amide bonds. The summed E-state index contributed by atoms with van der Waals surface area (Å²) in [6, 6.07) is 13.1. The molecule has 2 rings (SSSR count). The van der Waals surface area contributed by atoms with Gasteiger partial charge in [0.15, 0.2) is 0 Å². The second-order valence-electron chi connectivity index (χ2n) is 3.70. The topological polar surface area (TPSA) is 29.5 Å². The minimum absolute atomic E-state index is 0.364. The van der Waals surface area contributed by atoms with Gasteiger partial charge in [0.1, 0.15) is 17.7 Å². The van der Waals surface area contributed by atoms with Gasteiger partial charge in [0.25, 0.3) is 0 Å². The van der Waals surface area contributed by atoms with Gasteiger partial charge in [-0.25, -0.2) is 4.39 Å². The maximum atomic E-state index is 13.1. The molecule has 2 aromatic rings. The van der Waals surface area contributed by atoms with E-state index < -0.39 is 6.10 Å². The summed E-state index contributed by atoms with van der Waals surface area (Å²) in [7, 11) is 1.54. The summed E-state index contributed by atoms with van der Waals surface area (Å²) in [4.78, 5) is 0. The van der Waals surface area contributed by atoms with Crippen LogP contribution in [0.3, 0.4) is 0 Å². The summed E-state index contributed by atoms with van der Waals surface area (Å²) >= 11 is 0. The highest BCUT2D eigenvalue weighted by atomic mass is 19.1. The van der Waals surface area contributed by atoms with Crippen LogP contribution in [0.4, 0.5) is 4.39 Å². The van der Waals surface area contributed by atoms with Crippen LogP contribution in [0, 0.1) is 5.82 Å². The van der Waals surface area contributed by atoms with Gasteiger partial charge < -0.3 is 9.84 Å². The molecular weight excluding hydrogens is 219 g/mol. The van der Waals surface area contributed by atoms with E-state index in [2.05, 4.69) is 0 Å². The molecule has 0 saturated carbocycles. The zero-order valence-electron chi connectivity index (χ0n) is 9.43. The molecule has 0 fully saturated rings. The fourth-order valence-corrected chi connectivity index (χ4v) is 1.75. The highest BCUT2D eigenvalue weighted by Gasteiger charge is 2.15. The fourth-order valence-electron chi connectivity index (χ4n) is 1.75. The van der Waals surface area contributed by atoms with Gasteiger partial charge in [-0.15, -0.1) is 0 Å². The van der Waals surface area contributed by atoms with E-state index in [-0.39, 0.29) is 5.82 Å². The first kappa shape index (κ1) is 11.6. The number of ether oxygens (including phenoxy) is 1. The lowest BCUT2D eigenvalue weighted by atomic mass is 10.0. The van der Waals surface area contributed by atoms with Crippen LogP contribution in [0.1, 0.15) is 17.2 Å². The number of aliphatic hydroxyl groups excluding tert-OH is 1. The minimum Gasteiger partial charge on any atom is -0.496 e. The maximum Gasteiger partial charge on any atom is 0.125 e. The number of methoxy groups -OCH3 is 1. The van der Waals surface area contributed by atoms with Crippen molar-refractivity contribution in [2.45, 2.75) is 6.10 Å². The summed E-state index contributed by atoms with van der Waals surface area (Å²) in [6.45, 7) is 0. The van der Waals surface area contributed by atoms with Gasteiger partial charge in [0.2, 0.25) is 0 Å². The molecule has 0 aliphatic carbocycles. The van der Waals surface area contributed by atoms with Crippen molar-refractivity contribution in [2.75, 3.05) is 7.11 Å². The average molecular weight is 232 g/mol. The number of benzene rings is 2. The predicted molar refractivity (Wildman–Crippen MR) is 63.5 cm³/mol. The van der Waals surface area contributed by atoms with Crippen molar-refractivity contribution in [2.24, 2.45) is 0 Å². The van der Waals surface area contributed by atoms with Crippen molar-refractivity contribution in [3.8, 4) is 5.75 Å². The zero-order valence-corrected chi connectivity index (χ0v) is 9.43. The van der Waals surface area contributed by atoms with Crippen molar-refractivity contribution >= 4 is 0 Å². The fraction of sp³-hybridized carbons (Fsp3) is 0.143. The standard InChI is InChI=1S/C14H13FO2/c1-17-13-8-3-2-7-12(13)14(16)10-5-4-6-11(15)9-10/h2-9,14,16H,1H3. The largest absolute Gasteiger partial charge is 0.496 e. The number of rotatable bonds is 3. The molecule has 0 aromatic heterocycles. The third-order valence-corrected chi connectivity index (χ3v) is 2.60. The van der Waals surface area contributed by atoms with Gasteiger partial charge in [-0.3, -0.25) is 0 Å². The first-order valence-corrected chi connectivity index (χ1v) is 5.29. The van der Waals surface area contributed by atoms with Crippen molar-refractivity contribution in [3.05, 3.63) is 65.5 Å². The molecule has 2 nitrogen and oxygen atoms in total. The van der Waals surface area contributed by atoms with Crippen molar-refractivity contribution in [1.29, 1.82) is 0 Å². The Balaban J connectivity index is 2.40. The highest BCUT2D eigenvalue weighted by molar-refractivity contribution is 5.40. The zero-order chi connectivity index (χ0) is 12.3. The first-order chi connectivity index (χ1) is 8.22. The Labute approximate surface area is 99.3 Å². The number of hydrogen-bond donors (Lipinski definition) is 1. The third-order valence-electron chi connectivity index (χ3n) is 2.60. The van der Waals surface area contributed by atoms with E-state index in [1.54, 1.807) is 30.3 Å². The Hall–Kier alpha value is -1.87. The Morgan fingerprint density at radius 2 is 1.88 bits per heavy atom. The lowest BCUT2D eigenvalue weighted by molar-refractivity contribution is 0.214. The Bertz CT molecular complexity index is 511. The average Bonchev–Trinajstić information content (AvgIpc) is 2.38. The lowest BCUT2D eigenvalue weighted by Gasteiger charge is -2.14. The Kier molecular flexibility index (Phi) is 3.40. The normalized spacial score (nSPS) is 12.2. The van der Waals surface area contributed by atoms with Crippen LogP contribution in [0.5, 0.6) is 5.75 Å². The summed E-state index contributed by atoms with van der Waals surface area (Å²) in [6.07, 6.45) is -0.887. The maximum absolute atomic E-state index is 13.1. The molecule has 0 aliphatic heterocycles. The molecule has 1 unspecified atom stereocenters. The van der Waals surface area contributed by atoms with E-state index in [0.717, 1.165) is 0 Å². The van der Waals surface area contributed by atoms with Crippen LogP contribution in [-0.4, -0.2) is 12.2 Å². The Morgan fingerprint density at radius 1 is 1.12 bits per heavy atom. The molecule has 88 valence electrons. The monoisotopic (exact) mass is 232 g/mol. The SMILES string of the molecule is COc1ccccc1C(O)c1cccc(F)c1. The number of para-hydroxylation sites is 1. The molecule has 0 radical (unpaired) electrons. The molecule has 17 heavy (non-hydrogen) atoms. The smallest absolute Gasteiger partial charge is 0.125 e. The number of aliphatic hydroxyl groups is 1. The van der Waals surface area contributed by atoms with Gasteiger partial charge in [-0.05, 0) is 23.8 Å². The predicted octanol–water partition coefficient (Wildman–Crippen LogP) is 2.92. The molecule has 0 aliphatic rings. The van der Waals surface area contributed by atoms with Crippen LogP contribution in [-0.2, 0) is 0 Å². The van der Waals surface area contributed by atoms with Crippen molar-refractivity contribution in [3.63, 3.8) is 0 Å². The molecule has 0 bridgehead atoms. The van der Waals surface area contributed by atoms with Gasteiger partial charge in [0, 0.05) is 5.56 Å². The second kappa shape index (κ2) is 4.97. The third kappa shape index (κ3) is 2.45. The van der Waals surface area contributed by atoms with E-state index in [4.69, 9.17) is 4.74 Å². The molecule has 1 atom stereocenters. The minimum atomic E-state index is -0.887. The highest BCUT2D eigenvalue weighted by Crippen LogP contribution is 2.29. The van der Waals surface area contributed by atoms with E-state index in [0.29, 0.717) is 16.9 Å². The van der Waals surface area contributed by atoms with Crippen LogP contribution in [0.15, 0.2) is 48.5 Å². The van der Waals surface area contributed by atoms with Gasteiger partial charge in [-0.2, -0.15) is 0 Å². The van der Waals surface area contributed by atoms with E-state index in [1.807, 2.05) is 6.07 Å². The van der Waals surface area contributed by atoms with E-state index in [1.165, 1.54) is 19.2 Å². The van der Waals surface area contributed by atoms with Crippen molar-refractivity contribution in [1.82, 2.24) is 0 Å². The van der Waals surface area contributed by atoms with Gasteiger partial charge in [0.05, 0.1) is 7.11 Å². The number of halogens is 1. The van der Waals surface area contributed by atoms with Crippen LogP contribution in [0.2, 0.25) is 0 Å². The van der Waals surface area contributed by atoms with Gasteiger partial charge in [-0.1, -0.05) is 30.3 Å². The quantitative estimate of drug-likeness (QED) is 0.881. The van der Waals surface area contributed by atoms with E-state index >= 15 is 0 Å². The van der Waals surface area contributed by atoms with Crippen molar-refractivity contribution < 1.29 is 14.2 Å². The Morgan fingerprint density at radius 3 is 2.59 bits per heavy atom. The summed E-state index contributed by atoms with van der Waals surface area (Å²) in [5, 5.41) is 10.2. The summed E-state index contributed by atoms with van der Waals surface area (Å²) in [5.41, 5.74) is 1.13. The molecule has 0 spiro atoms. The molecule has 3 heteroatoms. The first-order valence-electron chi connectivity index (χ1n) is 5.29. The second-order valence-corrected chi connectivity index (χ2v) is 3.70. The van der Waals surface area contributed by atoms with Gasteiger partial charge >= 0.3 is 0 Å². The molecule has 2 aromatic carbocycles. The molecule has 1 N–H and O–H groups in total. The van der Waals surface area contributed by atoms with Crippen LogP contribution in [0.25, 0.3) is 0 Å².